The van der Waals surface area contributed by atoms with Crippen LogP contribution in [0.5, 0.6) is 5.75 Å². The van der Waals surface area contributed by atoms with Crippen LogP contribution in [0.15, 0.2) is 30.3 Å². The molecule has 2 heterocycles. The number of halogens is 2. The van der Waals surface area contributed by atoms with Gasteiger partial charge in [-0.15, -0.1) is 0 Å². The normalized spacial score (nSPS) is 13.3. The molecule has 3 rings (SSSR count). The zero-order valence-electron chi connectivity index (χ0n) is 8.91. The molecule has 0 bridgehead atoms. The minimum atomic E-state index is 0.407. The molecule has 2 nitrogen and oxygen atoms in total. The van der Waals surface area contributed by atoms with E-state index in [1.807, 2.05) is 24.3 Å². The van der Waals surface area contributed by atoms with Crippen molar-refractivity contribution in [3.63, 3.8) is 0 Å². The van der Waals surface area contributed by atoms with Gasteiger partial charge in [0.15, 0.2) is 0 Å². The maximum absolute atomic E-state index is 5.90. The van der Waals surface area contributed by atoms with Crippen LogP contribution in [0.3, 0.4) is 0 Å². The summed E-state index contributed by atoms with van der Waals surface area (Å²) in [5.41, 5.74) is 3.29. The summed E-state index contributed by atoms with van der Waals surface area (Å²) in [6, 6.07) is 9.73. The largest absolute Gasteiger partial charge is 0.493 e. The van der Waals surface area contributed by atoms with Gasteiger partial charge in [0.1, 0.15) is 16.1 Å². The Morgan fingerprint density at radius 2 is 1.76 bits per heavy atom. The predicted octanol–water partition coefficient (Wildman–Crippen LogP) is 3.99. The summed E-state index contributed by atoms with van der Waals surface area (Å²) in [5.74, 6) is 0.972. The quantitative estimate of drug-likeness (QED) is 0.728. The highest BCUT2D eigenvalue weighted by molar-refractivity contribution is 6.32. The van der Waals surface area contributed by atoms with Gasteiger partial charge in [0, 0.05) is 6.42 Å². The Hall–Kier alpha value is -1.25. The molecular weight excluding hydrogens is 257 g/mol. The first-order chi connectivity index (χ1) is 8.22. The van der Waals surface area contributed by atoms with E-state index in [2.05, 4.69) is 11.1 Å². The topological polar surface area (TPSA) is 22.1 Å². The van der Waals surface area contributed by atoms with Crippen molar-refractivity contribution >= 4 is 23.2 Å². The van der Waals surface area contributed by atoms with E-state index < -0.39 is 0 Å². The zero-order chi connectivity index (χ0) is 11.8. The summed E-state index contributed by atoms with van der Waals surface area (Å²) >= 11 is 11.8. The average Bonchev–Trinajstić information content (AvgIpc) is 2.74. The number of hydrogen-bond donors (Lipinski definition) is 0. The highest BCUT2D eigenvalue weighted by atomic mass is 35.5. The maximum Gasteiger partial charge on any atom is 0.131 e. The molecule has 0 saturated heterocycles. The van der Waals surface area contributed by atoms with Crippen LogP contribution >= 0.6 is 23.2 Å². The number of rotatable bonds is 1. The van der Waals surface area contributed by atoms with Gasteiger partial charge in [0.2, 0.25) is 0 Å². The van der Waals surface area contributed by atoms with Gasteiger partial charge in [0.05, 0.1) is 6.61 Å². The molecule has 0 radical (unpaired) electrons. The van der Waals surface area contributed by atoms with Gasteiger partial charge in [-0.25, -0.2) is 4.98 Å². The number of pyridine rings is 1. The summed E-state index contributed by atoms with van der Waals surface area (Å²) in [5, 5.41) is 0.813. The lowest BCUT2D eigenvalue weighted by atomic mass is 10.0. The molecule has 1 aromatic carbocycles. The van der Waals surface area contributed by atoms with E-state index in [-0.39, 0.29) is 0 Å². The minimum absolute atomic E-state index is 0.407. The molecule has 0 spiro atoms. The van der Waals surface area contributed by atoms with Gasteiger partial charge in [-0.1, -0.05) is 29.3 Å². The summed E-state index contributed by atoms with van der Waals surface area (Å²) in [6.45, 7) is 0.761. The third-order valence-corrected chi connectivity index (χ3v) is 3.17. The van der Waals surface area contributed by atoms with E-state index in [4.69, 9.17) is 27.9 Å². The predicted molar refractivity (Wildman–Crippen MR) is 68.9 cm³/mol. The zero-order valence-corrected chi connectivity index (χ0v) is 10.4. The molecule has 0 atom stereocenters. The average molecular weight is 266 g/mol. The minimum Gasteiger partial charge on any atom is -0.493 e. The second kappa shape index (κ2) is 4.21. The number of benzene rings is 1. The van der Waals surface area contributed by atoms with Crippen LogP contribution in [0.25, 0.3) is 11.1 Å². The Balaban J connectivity index is 2.09. The Morgan fingerprint density at radius 1 is 1.00 bits per heavy atom. The molecule has 1 aliphatic rings. The molecule has 0 aliphatic carbocycles. The third-order valence-electron chi connectivity index (χ3n) is 2.79. The Kier molecular flexibility index (Phi) is 2.69. The Labute approximate surface area is 109 Å². The van der Waals surface area contributed by atoms with Crippen molar-refractivity contribution in [3.8, 4) is 16.9 Å². The first-order valence-corrected chi connectivity index (χ1v) is 6.07. The number of ether oxygens (including phenoxy) is 1. The van der Waals surface area contributed by atoms with Gasteiger partial charge >= 0.3 is 0 Å². The van der Waals surface area contributed by atoms with E-state index >= 15 is 0 Å². The fourth-order valence-corrected chi connectivity index (χ4v) is 2.46. The number of nitrogens with zero attached hydrogens (tertiary/aromatic N) is 1. The van der Waals surface area contributed by atoms with Crippen LogP contribution in [0, 0.1) is 0 Å². The van der Waals surface area contributed by atoms with Gasteiger partial charge in [-0.3, -0.25) is 0 Å². The Morgan fingerprint density at radius 3 is 2.53 bits per heavy atom. The van der Waals surface area contributed by atoms with Crippen LogP contribution in [-0.2, 0) is 6.42 Å². The molecule has 1 aromatic heterocycles. The number of hydrogen-bond acceptors (Lipinski definition) is 2. The molecule has 0 amide bonds. The van der Waals surface area contributed by atoms with Crippen LogP contribution in [0.4, 0.5) is 0 Å². The summed E-state index contributed by atoms with van der Waals surface area (Å²) in [6.07, 6.45) is 0.954. The summed E-state index contributed by atoms with van der Waals surface area (Å²) in [7, 11) is 0. The molecule has 2 aromatic rings. The Bertz CT molecular complexity index is 563. The molecule has 0 N–H and O–H groups in total. The standard InChI is InChI=1S/C13H9Cl2NO/c14-12-6-10(7-13(15)16-12)8-1-2-11-9(5-8)3-4-17-11/h1-2,5-7H,3-4H2. The monoisotopic (exact) mass is 265 g/mol. The second-order valence-corrected chi connectivity index (χ2v) is 4.70. The molecule has 17 heavy (non-hydrogen) atoms. The second-order valence-electron chi connectivity index (χ2n) is 3.92. The van der Waals surface area contributed by atoms with Gasteiger partial charge in [-0.05, 0) is 41.0 Å². The van der Waals surface area contributed by atoms with Crippen molar-refractivity contribution in [1.29, 1.82) is 0 Å². The van der Waals surface area contributed by atoms with Crippen molar-refractivity contribution in [1.82, 2.24) is 4.98 Å². The fraction of sp³-hybridized carbons (Fsp3) is 0.154. The smallest absolute Gasteiger partial charge is 0.131 e. The summed E-state index contributed by atoms with van der Waals surface area (Å²) in [4.78, 5) is 3.94. The van der Waals surface area contributed by atoms with Crippen LogP contribution in [-0.4, -0.2) is 11.6 Å². The molecule has 4 heteroatoms. The molecule has 86 valence electrons. The van der Waals surface area contributed by atoms with E-state index in [1.54, 1.807) is 0 Å². The van der Waals surface area contributed by atoms with Gasteiger partial charge < -0.3 is 4.74 Å². The van der Waals surface area contributed by atoms with Gasteiger partial charge in [0.25, 0.3) is 0 Å². The first kappa shape index (κ1) is 10.9. The van der Waals surface area contributed by atoms with E-state index in [9.17, 15) is 0 Å². The van der Waals surface area contributed by atoms with Gasteiger partial charge in [-0.2, -0.15) is 0 Å². The molecule has 0 unspecified atom stereocenters. The SMILES string of the molecule is Clc1cc(-c2ccc3c(c2)CCO3)cc(Cl)n1. The fourth-order valence-electron chi connectivity index (χ4n) is 2.00. The lowest BCUT2D eigenvalue weighted by molar-refractivity contribution is 0.357. The van der Waals surface area contributed by atoms with E-state index in [1.165, 1.54) is 5.56 Å². The first-order valence-electron chi connectivity index (χ1n) is 5.31. The highest BCUT2D eigenvalue weighted by Crippen LogP contribution is 2.31. The van der Waals surface area contributed by atoms with Crippen molar-refractivity contribution in [2.24, 2.45) is 0 Å². The molecule has 0 fully saturated rings. The highest BCUT2D eigenvalue weighted by Gasteiger charge is 2.13. The lowest BCUT2D eigenvalue weighted by Gasteiger charge is -2.05. The number of aromatic nitrogens is 1. The van der Waals surface area contributed by atoms with Crippen molar-refractivity contribution in [2.45, 2.75) is 6.42 Å². The van der Waals surface area contributed by atoms with Crippen LogP contribution in [0.2, 0.25) is 10.3 Å². The third kappa shape index (κ3) is 2.11. The van der Waals surface area contributed by atoms with E-state index in [0.717, 1.165) is 29.9 Å². The van der Waals surface area contributed by atoms with E-state index in [0.29, 0.717) is 10.3 Å². The molecule has 1 aliphatic heterocycles. The van der Waals surface area contributed by atoms with Crippen molar-refractivity contribution in [3.05, 3.63) is 46.2 Å². The molecular formula is C13H9Cl2NO. The lowest BCUT2D eigenvalue weighted by Crippen LogP contribution is -1.85. The van der Waals surface area contributed by atoms with Crippen molar-refractivity contribution in [2.75, 3.05) is 6.61 Å². The van der Waals surface area contributed by atoms with Crippen molar-refractivity contribution < 1.29 is 4.74 Å². The van der Waals surface area contributed by atoms with Crippen LogP contribution in [0.1, 0.15) is 5.56 Å². The number of fused-ring (bicyclic) bond motifs is 1. The maximum atomic E-state index is 5.90. The summed E-state index contributed by atoms with van der Waals surface area (Å²) < 4.78 is 5.47. The molecule has 0 saturated carbocycles. The van der Waals surface area contributed by atoms with Crippen LogP contribution < -0.4 is 4.74 Å².